The first-order valence-corrected chi connectivity index (χ1v) is 14.8. The zero-order valence-electron chi connectivity index (χ0n) is 25.9. The number of carbonyl (C=O) groups is 1. The number of aliphatic hydroxyl groups is 1. The Hall–Kier alpha value is -2.92. The molecule has 2 N–H and O–H groups in total. The van der Waals surface area contributed by atoms with Crippen LogP contribution < -0.4 is 4.90 Å². The Morgan fingerprint density at radius 2 is 1.63 bits per heavy atom. The van der Waals surface area contributed by atoms with Gasteiger partial charge < -0.3 is 19.8 Å². The molecule has 0 amide bonds. The van der Waals surface area contributed by atoms with E-state index in [2.05, 4.69) is 59.8 Å². The Morgan fingerprint density at radius 3 is 2.20 bits per heavy atom. The molecule has 1 aromatic heterocycles. The second-order valence-electron chi connectivity index (χ2n) is 13.6. The zero-order chi connectivity index (χ0) is 30.0. The highest BCUT2D eigenvalue weighted by Gasteiger charge is 2.36. The number of benzene rings is 1. The third-order valence-electron chi connectivity index (χ3n) is 8.32. The average molecular weight is 562 g/mol. The topological polar surface area (TPSA) is 86.1 Å². The number of aliphatic carboxylic acids is 1. The standard InChI is InChI=1S/C34H47N3O4/c1-24-27(13-14-34(40)17-19-36(20-18-34)23-26-11-9-8-10-12-26)29(37-21-15-33(6,7)16-22-37)28(25(2)35-24)30(31(38)39)41-32(3,4)5/h8-12,30,40H,15-23H2,1-7H3,(H,38,39)/t30-/m0/s1. The van der Waals surface area contributed by atoms with Gasteiger partial charge in [0, 0.05) is 56.8 Å². The van der Waals surface area contributed by atoms with Gasteiger partial charge in [-0.05, 0) is 58.4 Å². The molecule has 2 aliphatic heterocycles. The van der Waals surface area contributed by atoms with Gasteiger partial charge in [0.1, 0.15) is 5.60 Å². The molecule has 2 saturated heterocycles. The monoisotopic (exact) mass is 561 g/mol. The molecule has 2 aliphatic rings. The molecular weight excluding hydrogens is 514 g/mol. The molecule has 1 atom stereocenters. The minimum Gasteiger partial charge on any atom is -0.479 e. The number of aryl methyl sites for hydroxylation is 2. The summed E-state index contributed by atoms with van der Waals surface area (Å²) in [6.07, 6.45) is 1.89. The van der Waals surface area contributed by atoms with E-state index in [4.69, 9.17) is 9.72 Å². The smallest absolute Gasteiger partial charge is 0.337 e. The molecule has 0 saturated carbocycles. The predicted octanol–water partition coefficient (Wildman–Crippen LogP) is 5.64. The van der Waals surface area contributed by atoms with E-state index in [1.807, 2.05) is 40.7 Å². The number of nitrogens with zero attached hydrogens (tertiary/aromatic N) is 3. The number of hydrogen-bond acceptors (Lipinski definition) is 6. The third kappa shape index (κ3) is 7.88. The lowest BCUT2D eigenvalue weighted by Gasteiger charge is -2.40. The fourth-order valence-electron chi connectivity index (χ4n) is 5.79. The highest BCUT2D eigenvalue weighted by Crippen LogP contribution is 2.41. The second-order valence-corrected chi connectivity index (χ2v) is 13.6. The van der Waals surface area contributed by atoms with Crippen LogP contribution in [0.2, 0.25) is 0 Å². The van der Waals surface area contributed by atoms with Gasteiger partial charge in [-0.1, -0.05) is 56.0 Å². The van der Waals surface area contributed by atoms with Gasteiger partial charge in [-0.15, -0.1) is 0 Å². The van der Waals surface area contributed by atoms with E-state index >= 15 is 0 Å². The van der Waals surface area contributed by atoms with Crippen LogP contribution in [0.1, 0.15) is 94.5 Å². The molecule has 0 aliphatic carbocycles. The fourth-order valence-corrected chi connectivity index (χ4v) is 5.79. The number of hydrogen-bond donors (Lipinski definition) is 2. The number of carboxylic acids is 1. The minimum absolute atomic E-state index is 0.219. The minimum atomic E-state index is -1.18. The first-order valence-electron chi connectivity index (χ1n) is 14.8. The summed E-state index contributed by atoms with van der Waals surface area (Å²) in [6, 6.07) is 10.4. The maximum Gasteiger partial charge on any atom is 0.337 e. The normalized spacial score (nSPS) is 19.8. The molecule has 7 nitrogen and oxygen atoms in total. The number of ether oxygens (including phenoxy) is 1. The lowest BCUT2D eigenvalue weighted by Crippen LogP contribution is -2.43. The van der Waals surface area contributed by atoms with Crippen molar-refractivity contribution in [2.24, 2.45) is 5.41 Å². The highest BCUT2D eigenvalue weighted by molar-refractivity contribution is 5.81. The third-order valence-corrected chi connectivity index (χ3v) is 8.32. The lowest BCUT2D eigenvalue weighted by molar-refractivity contribution is -0.160. The second kappa shape index (κ2) is 12.1. The SMILES string of the molecule is Cc1nc(C)c([C@H](OC(C)(C)C)C(=O)O)c(N2CCC(C)(C)CC2)c1C#CC1(O)CCN(Cc2ccccc2)CC1. The molecule has 7 heteroatoms. The molecule has 2 fully saturated rings. The van der Waals surface area contributed by atoms with Crippen molar-refractivity contribution in [1.82, 2.24) is 9.88 Å². The predicted molar refractivity (Wildman–Crippen MR) is 163 cm³/mol. The number of carboxylic acid groups (broad SMARTS) is 1. The van der Waals surface area contributed by atoms with Crippen LogP contribution >= 0.6 is 0 Å². The van der Waals surface area contributed by atoms with E-state index in [0.29, 0.717) is 29.7 Å². The highest BCUT2D eigenvalue weighted by atomic mass is 16.5. The Morgan fingerprint density at radius 1 is 1.02 bits per heavy atom. The summed E-state index contributed by atoms with van der Waals surface area (Å²) in [5.74, 6) is 5.50. The molecule has 1 aromatic carbocycles. The Balaban J connectivity index is 1.71. The molecule has 0 bridgehead atoms. The van der Waals surface area contributed by atoms with E-state index in [0.717, 1.165) is 56.9 Å². The number of likely N-dealkylation sites (tertiary alicyclic amines) is 1. The van der Waals surface area contributed by atoms with Crippen LogP contribution in [0.4, 0.5) is 5.69 Å². The number of anilines is 1. The molecule has 0 spiro atoms. The summed E-state index contributed by atoms with van der Waals surface area (Å²) in [5, 5.41) is 21.8. The lowest BCUT2D eigenvalue weighted by atomic mass is 9.82. The summed E-state index contributed by atoms with van der Waals surface area (Å²) in [7, 11) is 0. The molecule has 41 heavy (non-hydrogen) atoms. The van der Waals surface area contributed by atoms with Crippen molar-refractivity contribution in [3.05, 3.63) is 58.4 Å². The van der Waals surface area contributed by atoms with Crippen LogP contribution in [-0.2, 0) is 16.1 Å². The zero-order valence-corrected chi connectivity index (χ0v) is 25.9. The van der Waals surface area contributed by atoms with Gasteiger partial charge in [0.2, 0.25) is 0 Å². The van der Waals surface area contributed by atoms with Crippen LogP contribution in [0.3, 0.4) is 0 Å². The van der Waals surface area contributed by atoms with Gasteiger partial charge in [0.15, 0.2) is 6.10 Å². The number of rotatable bonds is 6. The summed E-state index contributed by atoms with van der Waals surface area (Å²) in [4.78, 5) is 22.0. The van der Waals surface area contributed by atoms with Crippen LogP contribution in [0.15, 0.2) is 30.3 Å². The Labute approximate surface area is 245 Å². The van der Waals surface area contributed by atoms with Crippen LogP contribution in [-0.4, -0.2) is 63.4 Å². The largest absolute Gasteiger partial charge is 0.479 e. The van der Waals surface area contributed by atoms with Crippen molar-refractivity contribution in [3.8, 4) is 11.8 Å². The van der Waals surface area contributed by atoms with Gasteiger partial charge in [-0.2, -0.15) is 0 Å². The molecular formula is C34H47N3O4. The fraction of sp³-hybridized carbons (Fsp3) is 0.588. The van der Waals surface area contributed by atoms with Gasteiger partial charge in [0.05, 0.1) is 22.5 Å². The number of aromatic nitrogens is 1. The molecule has 2 aromatic rings. The average Bonchev–Trinajstić information content (AvgIpc) is 2.88. The molecule has 4 rings (SSSR count). The van der Waals surface area contributed by atoms with Gasteiger partial charge >= 0.3 is 5.97 Å². The molecule has 0 unspecified atom stereocenters. The molecule has 3 heterocycles. The summed E-state index contributed by atoms with van der Waals surface area (Å²) in [5.41, 5.74) is 3.12. The summed E-state index contributed by atoms with van der Waals surface area (Å²) in [6.45, 7) is 17.9. The first-order chi connectivity index (χ1) is 19.2. The van der Waals surface area contributed by atoms with Crippen molar-refractivity contribution in [3.63, 3.8) is 0 Å². The van der Waals surface area contributed by atoms with Crippen LogP contribution in [0.5, 0.6) is 0 Å². The van der Waals surface area contributed by atoms with Crippen LogP contribution in [0.25, 0.3) is 0 Å². The molecule has 0 radical (unpaired) electrons. The van der Waals surface area contributed by atoms with Crippen molar-refractivity contribution < 1.29 is 19.7 Å². The summed E-state index contributed by atoms with van der Waals surface area (Å²) < 4.78 is 6.14. The van der Waals surface area contributed by atoms with Crippen molar-refractivity contribution in [2.75, 3.05) is 31.1 Å². The van der Waals surface area contributed by atoms with Crippen molar-refractivity contribution in [2.45, 2.75) is 98.0 Å². The van der Waals surface area contributed by atoms with E-state index in [1.54, 1.807) is 0 Å². The van der Waals surface area contributed by atoms with Crippen molar-refractivity contribution >= 4 is 11.7 Å². The van der Waals surface area contributed by atoms with Crippen LogP contribution in [0, 0.1) is 31.1 Å². The van der Waals surface area contributed by atoms with Gasteiger partial charge in [-0.25, -0.2) is 4.79 Å². The van der Waals surface area contributed by atoms with Crippen molar-refractivity contribution in [1.29, 1.82) is 0 Å². The Bertz CT molecular complexity index is 1290. The van der Waals surface area contributed by atoms with E-state index < -0.39 is 23.3 Å². The quantitative estimate of drug-likeness (QED) is 0.441. The maximum atomic E-state index is 12.6. The maximum absolute atomic E-state index is 12.6. The van der Waals surface area contributed by atoms with E-state index in [1.165, 1.54) is 5.56 Å². The Kier molecular flexibility index (Phi) is 9.18. The summed E-state index contributed by atoms with van der Waals surface area (Å²) >= 11 is 0. The van der Waals surface area contributed by atoms with Gasteiger partial charge in [-0.3, -0.25) is 9.88 Å². The number of pyridine rings is 1. The molecule has 222 valence electrons. The number of piperidine rings is 2. The van der Waals surface area contributed by atoms with E-state index in [-0.39, 0.29) is 5.41 Å². The van der Waals surface area contributed by atoms with Gasteiger partial charge in [0.25, 0.3) is 0 Å². The van der Waals surface area contributed by atoms with E-state index in [9.17, 15) is 15.0 Å². The first kappa shape index (κ1) is 31.0.